The Morgan fingerprint density at radius 3 is 2.06 bits per heavy atom. The Balaban J connectivity index is 1.18. The summed E-state index contributed by atoms with van der Waals surface area (Å²) in [7, 11) is -3.50. The van der Waals surface area contributed by atoms with Gasteiger partial charge in [-0.15, -0.1) is 0 Å². The number of piperazine rings is 1. The van der Waals surface area contributed by atoms with E-state index in [1.54, 1.807) is 35.2 Å². The van der Waals surface area contributed by atoms with Gasteiger partial charge in [-0.25, -0.2) is 13.2 Å². The van der Waals surface area contributed by atoms with Crippen molar-refractivity contribution in [2.24, 2.45) is 5.92 Å². The molecule has 2 fully saturated rings. The third-order valence-corrected chi connectivity index (χ3v) is 8.32. The predicted octanol–water partition coefficient (Wildman–Crippen LogP) is 2.61. The van der Waals surface area contributed by atoms with Crippen LogP contribution in [0, 0.1) is 5.92 Å². The van der Waals surface area contributed by atoms with Crippen molar-refractivity contribution in [1.29, 1.82) is 0 Å². The summed E-state index contributed by atoms with van der Waals surface area (Å²) >= 11 is 0. The zero-order chi connectivity index (χ0) is 22.4. The number of urea groups is 1. The summed E-state index contributed by atoms with van der Waals surface area (Å²) < 4.78 is 26.9. The van der Waals surface area contributed by atoms with E-state index in [4.69, 9.17) is 0 Å². The molecule has 2 aliphatic rings. The largest absolute Gasteiger partial charge is 0.338 e. The number of piperidine rings is 1. The van der Waals surface area contributed by atoms with Gasteiger partial charge in [0.15, 0.2) is 0 Å². The molecule has 2 aromatic carbocycles. The molecular formula is C24H32N4O3S. The minimum Gasteiger partial charge on any atom is -0.338 e. The SMILES string of the molecule is O=C(NCC1CCN(Cc2ccccc2)CC1)N1CCN(S(=O)(=O)c2ccccc2)CC1. The number of rotatable bonds is 6. The molecular weight excluding hydrogens is 424 g/mol. The van der Waals surface area contributed by atoms with Crippen LogP contribution in [0.3, 0.4) is 0 Å². The van der Waals surface area contributed by atoms with Crippen molar-refractivity contribution in [2.45, 2.75) is 24.3 Å². The fourth-order valence-electron chi connectivity index (χ4n) is 4.41. The maximum absolute atomic E-state index is 12.7. The van der Waals surface area contributed by atoms with Crippen molar-refractivity contribution in [3.63, 3.8) is 0 Å². The van der Waals surface area contributed by atoms with Gasteiger partial charge in [-0.1, -0.05) is 48.5 Å². The lowest BCUT2D eigenvalue weighted by atomic mass is 9.96. The molecule has 0 bridgehead atoms. The second-order valence-corrected chi connectivity index (χ2v) is 10.5. The fraction of sp³-hybridized carbons (Fsp3) is 0.458. The third-order valence-electron chi connectivity index (χ3n) is 6.40. The number of carbonyl (C=O) groups is 1. The predicted molar refractivity (Wildman–Crippen MR) is 125 cm³/mol. The van der Waals surface area contributed by atoms with E-state index < -0.39 is 10.0 Å². The number of hydrogen-bond donors (Lipinski definition) is 1. The van der Waals surface area contributed by atoms with Crippen LogP contribution in [0.1, 0.15) is 18.4 Å². The second-order valence-electron chi connectivity index (χ2n) is 8.60. The van der Waals surface area contributed by atoms with Gasteiger partial charge in [0.25, 0.3) is 0 Å². The molecule has 2 aromatic rings. The first-order chi connectivity index (χ1) is 15.5. The lowest BCUT2D eigenvalue weighted by molar-refractivity contribution is 0.158. The van der Waals surface area contributed by atoms with Crippen LogP contribution < -0.4 is 5.32 Å². The molecule has 8 heteroatoms. The highest BCUT2D eigenvalue weighted by Gasteiger charge is 2.30. The van der Waals surface area contributed by atoms with E-state index in [2.05, 4.69) is 34.5 Å². The zero-order valence-electron chi connectivity index (χ0n) is 18.4. The Bertz CT molecular complexity index is 969. The van der Waals surface area contributed by atoms with Crippen LogP contribution in [0.25, 0.3) is 0 Å². The highest BCUT2D eigenvalue weighted by atomic mass is 32.2. The maximum Gasteiger partial charge on any atom is 0.317 e. The zero-order valence-corrected chi connectivity index (χ0v) is 19.2. The van der Waals surface area contributed by atoms with Gasteiger partial charge in [0.1, 0.15) is 0 Å². The number of carbonyl (C=O) groups excluding carboxylic acids is 1. The summed E-state index contributed by atoms with van der Waals surface area (Å²) in [5, 5.41) is 3.07. The van der Waals surface area contributed by atoms with Gasteiger partial charge in [-0.2, -0.15) is 4.31 Å². The first kappa shape index (κ1) is 22.8. The molecule has 0 radical (unpaired) electrons. The first-order valence-electron chi connectivity index (χ1n) is 11.4. The number of nitrogens with zero attached hydrogens (tertiary/aromatic N) is 3. The number of sulfonamides is 1. The van der Waals surface area contributed by atoms with E-state index in [1.165, 1.54) is 9.87 Å². The molecule has 0 saturated carbocycles. The van der Waals surface area contributed by atoms with Crippen molar-refractivity contribution < 1.29 is 13.2 Å². The minimum atomic E-state index is -3.50. The van der Waals surface area contributed by atoms with Crippen LogP contribution in [-0.2, 0) is 16.6 Å². The smallest absolute Gasteiger partial charge is 0.317 e. The second kappa shape index (κ2) is 10.5. The Kier molecular flexibility index (Phi) is 7.44. The molecule has 2 amide bonds. The molecule has 32 heavy (non-hydrogen) atoms. The van der Waals surface area contributed by atoms with E-state index in [0.717, 1.165) is 32.5 Å². The Morgan fingerprint density at radius 1 is 0.844 bits per heavy atom. The standard InChI is InChI=1S/C24H32N4O3S/c29-24(25-19-21-11-13-26(14-12-21)20-22-7-3-1-4-8-22)27-15-17-28(18-16-27)32(30,31)23-9-5-2-6-10-23/h1-10,21H,11-20H2,(H,25,29). The highest BCUT2D eigenvalue weighted by Crippen LogP contribution is 2.19. The monoisotopic (exact) mass is 456 g/mol. The van der Waals surface area contributed by atoms with Gasteiger partial charge in [0, 0.05) is 39.3 Å². The van der Waals surface area contributed by atoms with E-state index in [0.29, 0.717) is 43.5 Å². The molecule has 0 spiro atoms. The summed E-state index contributed by atoms with van der Waals surface area (Å²) in [6.07, 6.45) is 2.16. The molecule has 2 heterocycles. The normalized spacial score (nSPS) is 19.1. The number of likely N-dealkylation sites (tertiary alicyclic amines) is 1. The summed E-state index contributed by atoms with van der Waals surface area (Å²) in [5.74, 6) is 0.491. The number of amides is 2. The quantitative estimate of drug-likeness (QED) is 0.725. The Hall–Kier alpha value is -2.42. The van der Waals surface area contributed by atoms with Crippen LogP contribution in [0.2, 0.25) is 0 Å². The van der Waals surface area contributed by atoms with E-state index in [1.807, 2.05) is 6.07 Å². The van der Waals surface area contributed by atoms with Crippen molar-refractivity contribution in [1.82, 2.24) is 19.4 Å². The molecule has 2 saturated heterocycles. The van der Waals surface area contributed by atoms with Gasteiger partial charge >= 0.3 is 6.03 Å². The van der Waals surface area contributed by atoms with Crippen molar-refractivity contribution in [3.8, 4) is 0 Å². The van der Waals surface area contributed by atoms with Crippen LogP contribution in [-0.4, -0.2) is 74.4 Å². The van der Waals surface area contributed by atoms with Gasteiger partial charge in [0.2, 0.25) is 10.0 Å². The minimum absolute atomic E-state index is 0.0894. The van der Waals surface area contributed by atoms with Crippen molar-refractivity contribution >= 4 is 16.1 Å². The van der Waals surface area contributed by atoms with Gasteiger partial charge < -0.3 is 10.2 Å². The Morgan fingerprint density at radius 2 is 1.44 bits per heavy atom. The maximum atomic E-state index is 12.7. The van der Waals surface area contributed by atoms with E-state index in [9.17, 15) is 13.2 Å². The highest BCUT2D eigenvalue weighted by molar-refractivity contribution is 7.89. The fourth-order valence-corrected chi connectivity index (χ4v) is 5.85. The molecule has 0 aliphatic carbocycles. The molecule has 0 aromatic heterocycles. The lowest BCUT2D eigenvalue weighted by Crippen LogP contribution is -2.53. The molecule has 7 nitrogen and oxygen atoms in total. The van der Waals surface area contributed by atoms with Gasteiger partial charge in [0.05, 0.1) is 4.90 Å². The molecule has 1 N–H and O–H groups in total. The van der Waals surface area contributed by atoms with Crippen molar-refractivity contribution in [2.75, 3.05) is 45.8 Å². The molecule has 4 rings (SSSR count). The van der Waals surface area contributed by atoms with Gasteiger partial charge in [-0.05, 0) is 49.5 Å². The molecule has 0 atom stereocenters. The summed E-state index contributed by atoms with van der Waals surface area (Å²) in [6, 6.07) is 18.9. The average Bonchev–Trinajstić information content (AvgIpc) is 2.85. The van der Waals surface area contributed by atoms with E-state index >= 15 is 0 Å². The van der Waals surface area contributed by atoms with Crippen molar-refractivity contribution in [3.05, 3.63) is 66.2 Å². The first-order valence-corrected chi connectivity index (χ1v) is 12.8. The van der Waals surface area contributed by atoms with Crippen LogP contribution >= 0.6 is 0 Å². The number of nitrogens with one attached hydrogen (secondary N) is 1. The van der Waals surface area contributed by atoms with Crippen LogP contribution in [0.15, 0.2) is 65.6 Å². The molecule has 2 aliphatic heterocycles. The van der Waals surface area contributed by atoms with Gasteiger partial charge in [-0.3, -0.25) is 4.90 Å². The molecule has 172 valence electrons. The Labute approximate surface area is 191 Å². The van der Waals surface area contributed by atoms with Crippen LogP contribution in [0.5, 0.6) is 0 Å². The number of hydrogen-bond acceptors (Lipinski definition) is 4. The van der Waals surface area contributed by atoms with Crippen LogP contribution in [0.4, 0.5) is 4.79 Å². The summed E-state index contributed by atoms with van der Waals surface area (Å²) in [6.45, 7) is 5.22. The topological polar surface area (TPSA) is 73.0 Å². The average molecular weight is 457 g/mol. The summed E-state index contributed by atoms with van der Waals surface area (Å²) in [4.78, 5) is 17.1. The molecule has 0 unspecified atom stereocenters. The number of benzene rings is 2. The lowest BCUT2D eigenvalue weighted by Gasteiger charge is -2.35. The third kappa shape index (κ3) is 5.68. The van der Waals surface area contributed by atoms with E-state index in [-0.39, 0.29) is 6.03 Å². The summed E-state index contributed by atoms with van der Waals surface area (Å²) in [5.41, 5.74) is 1.34.